The van der Waals surface area contributed by atoms with Crippen LogP contribution in [-0.2, 0) is 0 Å². The van der Waals surface area contributed by atoms with Gasteiger partial charge in [0.05, 0.1) is 24.4 Å². The number of fused-ring (bicyclic) bond motifs is 1. The number of para-hydroxylation sites is 1. The van der Waals surface area contributed by atoms with Crippen molar-refractivity contribution in [3.8, 4) is 11.5 Å². The standard InChI is InChI=1S/C21H25N3O3S/c1-23(2)10-7-11-24(21-22-18-8-5-6-9-19(18)28-21)20(25)15-12-16(26-3)14-17(13-15)27-4/h5-6,8-9,12-14H,7,10-11H2,1-4H3. The van der Waals surface area contributed by atoms with Crippen LogP contribution in [0.2, 0.25) is 0 Å². The largest absolute Gasteiger partial charge is 0.497 e. The highest BCUT2D eigenvalue weighted by atomic mass is 32.1. The normalized spacial score (nSPS) is 11.0. The van der Waals surface area contributed by atoms with Gasteiger partial charge in [-0.05, 0) is 51.3 Å². The van der Waals surface area contributed by atoms with Gasteiger partial charge in [-0.25, -0.2) is 4.98 Å². The average molecular weight is 400 g/mol. The number of nitrogens with zero attached hydrogens (tertiary/aromatic N) is 3. The van der Waals surface area contributed by atoms with Crippen LogP contribution in [-0.4, -0.2) is 57.2 Å². The molecule has 0 unspecified atom stereocenters. The lowest BCUT2D eigenvalue weighted by atomic mass is 10.1. The van der Waals surface area contributed by atoms with Crippen molar-refractivity contribution in [2.24, 2.45) is 0 Å². The molecule has 0 aliphatic rings. The van der Waals surface area contributed by atoms with Crippen LogP contribution in [0.25, 0.3) is 10.2 Å². The number of carbonyl (C=O) groups excluding carboxylic acids is 1. The van der Waals surface area contributed by atoms with E-state index in [-0.39, 0.29) is 5.91 Å². The number of ether oxygens (including phenoxy) is 2. The number of methoxy groups -OCH3 is 2. The Kier molecular flexibility index (Phi) is 6.49. The van der Waals surface area contributed by atoms with Gasteiger partial charge < -0.3 is 14.4 Å². The fraction of sp³-hybridized carbons (Fsp3) is 0.333. The predicted octanol–water partition coefficient (Wildman–Crippen LogP) is 3.91. The maximum atomic E-state index is 13.4. The van der Waals surface area contributed by atoms with Gasteiger partial charge in [0.15, 0.2) is 5.13 Å². The SMILES string of the molecule is COc1cc(OC)cc(C(=O)N(CCCN(C)C)c2nc3ccccc3s2)c1. The highest BCUT2D eigenvalue weighted by molar-refractivity contribution is 7.22. The summed E-state index contributed by atoms with van der Waals surface area (Å²) in [6.45, 7) is 1.46. The van der Waals surface area contributed by atoms with E-state index in [1.807, 2.05) is 38.4 Å². The molecule has 0 atom stereocenters. The molecule has 6 nitrogen and oxygen atoms in total. The Bertz CT molecular complexity index is 900. The van der Waals surface area contributed by atoms with Gasteiger partial charge in [0.25, 0.3) is 5.91 Å². The van der Waals surface area contributed by atoms with E-state index in [2.05, 4.69) is 4.90 Å². The quantitative estimate of drug-likeness (QED) is 0.575. The third kappa shape index (κ3) is 4.61. The molecule has 1 aromatic heterocycles. The smallest absolute Gasteiger partial charge is 0.260 e. The van der Waals surface area contributed by atoms with E-state index in [0.717, 1.165) is 23.2 Å². The van der Waals surface area contributed by atoms with E-state index < -0.39 is 0 Å². The van der Waals surface area contributed by atoms with E-state index in [1.54, 1.807) is 37.3 Å². The zero-order valence-electron chi connectivity index (χ0n) is 16.6. The van der Waals surface area contributed by atoms with Crippen molar-refractivity contribution in [2.45, 2.75) is 6.42 Å². The van der Waals surface area contributed by atoms with Gasteiger partial charge in [-0.1, -0.05) is 23.5 Å². The molecule has 7 heteroatoms. The van der Waals surface area contributed by atoms with Crippen molar-refractivity contribution >= 4 is 32.6 Å². The van der Waals surface area contributed by atoms with Crippen molar-refractivity contribution < 1.29 is 14.3 Å². The molecule has 0 fully saturated rings. The Morgan fingerprint density at radius 1 is 1.04 bits per heavy atom. The molecule has 3 aromatic rings. The summed E-state index contributed by atoms with van der Waals surface area (Å²) in [4.78, 5) is 22.0. The van der Waals surface area contributed by atoms with Gasteiger partial charge in [-0.2, -0.15) is 0 Å². The van der Waals surface area contributed by atoms with Gasteiger partial charge in [0, 0.05) is 18.2 Å². The van der Waals surface area contributed by atoms with Crippen LogP contribution in [0.5, 0.6) is 11.5 Å². The molecule has 2 aromatic carbocycles. The molecule has 148 valence electrons. The van der Waals surface area contributed by atoms with Crippen LogP contribution >= 0.6 is 11.3 Å². The van der Waals surface area contributed by atoms with Crippen LogP contribution in [0, 0.1) is 0 Å². The van der Waals surface area contributed by atoms with Crippen LogP contribution < -0.4 is 14.4 Å². The van der Waals surface area contributed by atoms with Gasteiger partial charge in [0.2, 0.25) is 0 Å². The summed E-state index contributed by atoms with van der Waals surface area (Å²) in [5, 5.41) is 0.701. The van der Waals surface area contributed by atoms with Gasteiger partial charge in [-0.15, -0.1) is 0 Å². The molecule has 1 heterocycles. The number of hydrogen-bond donors (Lipinski definition) is 0. The minimum absolute atomic E-state index is 0.116. The Morgan fingerprint density at radius 3 is 2.32 bits per heavy atom. The number of hydrogen-bond acceptors (Lipinski definition) is 6. The molecule has 0 aliphatic carbocycles. The van der Waals surface area contributed by atoms with Crippen molar-refractivity contribution in [1.29, 1.82) is 0 Å². The second-order valence-corrected chi connectivity index (χ2v) is 7.69. The van der Waals surface area contributed by atoms with E-state index in [9.17, 15) is 4.79 Å². The van der Waals surface area contributed by atoms with E-state index in [1.165, 1.54) is 11.3 Å². The van der Waals surface area contributed by atoms with Crippen LogP contribution in [0.4, 0.5) is 5.13 Å². The predicted molar refractivity (Wildman–Crippen MR) is 114 cm³/mol. The summed E-state index contributed by atoms with van der Waals surface area (Å²) in [5.74, 6) is 1.05. The van der Waals surface area contributed by atoms with E-state index in [0.29, 0.717) is 28.7 Å². The second-order valence-electron chi connectivity index (χ2n) is 6.68. The Balaban J connectivity index is 1.96. The summed E-state index contributed by atoms with van der Waals surface area (Å²) < 4.78 is 11.7. The lowest BCUT2D eigenvalue weighted by molar-refractivity contribution is 0.0985. The molecular formula is C21H25N3O3S. The first-order valence-electron chi connectivity index (χ1n) is 9.07. The summed E-state index contributed by atoms with van der Waals surface area (Å²) in [6.07, 6.45) is 0.843. The number of thiazole rings is 1. The fourth-order valence-electron chi connectivity index (χ4n) is 2.89. The summed E-state index contributed by atoms with van der Waals surface area (Å²) in [6, 6.07) is 13.1. The molecule has 0 radical (unpaired) electrons. The molecular weight excluding hydrogens is 374 g/mol. The third-order valence-corrected chi connectivity index (χ3v) is 5.40. The van der Waals surface area contributed by atoms with Crippen molar-refractivity contribution in [3.63, 3.8) is 0 Å². The summed E-state index contributed by atoms with van der Waals surface area (Å²) in [7, 11) is 7.20. The van der Waals surface area contributed by atoms with Crippen molar-refractivity contribution in [2.75, 3.05) is 46.3 Å². The third-order valence-electron chi connectivity index (χ3n) is 4.34. The zero-order valence-corrected chi connectivity index (χ0v) is 17.5. The zero-order chi connectivity index (χ0) is 20.1. The van der Waals surface area contributed by atoms with Gasteiger partial charge in [-0.3, -0.25) is 9.69 Å². The van der Waals surface area contributed by atoms with Crippen LogP contribution in [0.15, 0.2) is 42.5 Å². The topological polar surface area (TPSA) is 54.9 Å². The van der Waals surface area contributed by atoms with Gasteiger partial charge >= 0.3 is 0 Å². The Hall–Kier alpha value is -2.64. The number of rotatable bonds is 8. The first kappa shape index (κ1) is 20.1. The number of anilines is 1. The molecule has 0 saturated heterocycles. The lowest BCUT2D eigenvalue weighted by Crippen LogP contribution is -2.33. The molecule has 0 spiro atoms. The van der Waals surface area contributed by atoms with Gasteiger partial charge in [0.1, 0.15) is 11.5 Å². The average Bonchev–Trinajstić information content (AvgIpc) is 3.13. The minimum Gasteiger partial charge on any atom is -0.497 e. The maximum absolute atomic E-state index is 13.4. The molecule has 0 saturated carbocycles. The second kappa shape index (κ2) is 9.03. The Morgan fingerprint density at radius 2 is 1.71 bits per heavy atom. The fourth-order valence-corrected chi connectivity index (χ4v) is 3.88. The number of carbonyl (C=O) groups is 1. The molecule has 0 bridgehead atoms. The molecule has 3 rings (SSSR count). The number of amides is 1. The molecule has 0 N–H and O–H groups in total. The van der Waals surface area contributed by atoms with Crippen LogP contribution in [0.1, 0.15) is 16.8 Å². The molecule has 0 aliphatic heterocycles. The first-order valence-corrected chi connectivity index (χ1v) is 9.88. The summed E-state index contributed by atoms with van der Waals surface area (Å²) in [5.41, 5.74) is 1.41. The highest BCUT2D eigenvalue weighted by Gasteiger charge is 2.22. The minimum atomic E-state index is -0.116. The maximum Gasteiger partial charge on any atom is 0.260 e. The number of aromatic nitrogens is 1. The summed E-state index contributed by atoms with van der Waals surface area (Å²) >= 11 is 1.52. The lowest BCUT2D eigenvalue weighted by Gasteiger charge is -2.21. The molecule has 28 heavy (non-hydrogen) atoms. The van der Waals surface area contributed by atoms with Crippen molar-refractivity contribution in [3.05, 3.63) is 48.0 Å². The first-order chi connectivity index (χ1) is 13.5. The van der Waals surface area contributed by atoms with Crippen LogP contribution in [0.3, 0.4) is 0 Å². The monoisotopic (exact) mass is 399 g/mol. The van der Waals surface area contributed by atoms with E-state index in [4.69, 9.17) is 14.5 Å². The Labute approximate surface area is 169 Å². The number of benzene rings is 2. The molecule has 1 amide bonds. The van der Waals surface area contributed by atoms with Crippen molar-refractivity contribution in [1.82, 2.24) is 9.88 Å². The highest BCUT2D eigenvalue weighted by Crippen LogP contribution is 2.31. The van der Waals surface area contributed by atoms with E-state index >= 15 is 0 Å².